The zero-order valence-electron chi connectivity index (χ0n) is 13.4. The van der Waals surface area contributed by atoms with Crippen molar-refractivity contribution in [2.24, 2.45) is 0 Å². The average molecular weight is 360 g/mol. The summed E-state index contributed by atoms with van der Waals surface area (Å²) >= 11 is 0. The van der Waals surface area contributed by atoms with Crippen LogP contribution in [0.25, 0.3) is 6.08 Å². The summed E-state index contributed by atoms with van der Waals surface area (Å²) in [5, 5.41) is 0. The molecule has 0 radical (unpaired) electrons. The fraction of sp³-hybridized carbons (Fsp3) is 0.167. The van der Waals surface area contributed by atoms with Gasteiger partial charge in [0.1, 0.15) is 5.82 Å². The molecule has 1 N–H and O–H groups in total. The van der Waals surface area contributed by atoms with Gasteiger partial charge >= 0.3 is 10.2 Å². The molecule has 0 saturated heterocycles. The fourth-order valence-electron chi connectivity index (χ4n) is 2.65. The summed E-state index contributed by atoms with van der Waals surface area (Å²) in [7, 11) is -3.91. The van der Waals surface area contributed by atoms with Crippen LogP contribution in [0.2, 0.25) is 0 Å². The highest BCUT2D eigenvalue weighted by Crippen LogP contribution is 2.20. The van der Waals surface area contributed by atoms with E-state index in [0.717, 1.165) is 17.2 Å². The molecule has 3 rings (SSSR count). The maximum absolute atomic E-state index is 12.8. The maximum Gasteiger partial charge on any atom is 0.304 e. The zero-order chi connectivity index (χ0) is 17.9. The number of fused-ring (bicyclic) bond motifs is 1. The van der Waals surface area contributed by atoms with Crippen LogP contribution in [0.1, 0.15) is 16.7 Å². The molecule has 0 fully saturated rings. The lowest BCUT2D eigenvalue weighted by atomic mass is 10.0. The average Bonchev–Trinajstić information content (AvgIpc) is 2.60. The van der Waals surface area contributed by atoms with Gasteiger partial charge in [-0.05, 0) is 41.3 Å². The van der Waals surface area contributed by atoms with Crippen LogP contribution < -0.4 is 4.72 Å². The molecule has 2 aromatic carbocycles. The van der Waals surface area contributed by atoms with Crippen LogP contribution in [0.5, 0.6) is 0 Å². The summed E-state index contributed by atoms with van der Waals surface area (Å²) < 4.78 is 40.9. The van der Waals surface area contributed by atoms with Gasteiger partial charge in [-0.3, -0.25) is 4.79 Å². The lowest BCUT2D eigenvalue weighted by Gasteiger charge is -2.27. The van der Waals surface area contributed by atoms with Gasteiger partial charge in [0, 0.05) is 19.2 Å². The first-order chi connectivity index (χ1) is 11.9. The van der Waals surface area contributed by atoms with Gasteiger partial charge in [0.2, 0.25) is 0 Å². The molecule has 0 unspecified atom stereocenters. The highest BCUT2D eigenvalue weighted by Gasteiger charge is 2.27. The van der Waals surface area contributed by atoms with E-state index >= 15 is 0 Å². The minimum absolute atomic E-state index is 0.237. The summed E-state index contributed by atoms with van der Waals surface area (Å²) in [5.74, 6) is -1.13. The van der Waals surface area contributed by atoms with E-state index in [1.165, 1.54) is 34.6 Å². The van der Waals surface area contributed by atoms with Crippen LogP contribution in [0.3, 0.4) is 0 Å². The van der Waals surface area contributed by atoms with Gasteiger partial charge in [0.15, 0.2) is 0 Å². The van der Waals surface area contributed by atoms with Crippen molar-refractivity contribution in [2.45, 2.75) is 13.0 Å². The van der Waals surface area contributed by atoms with Gasteiger partial charge in [-0.1, -0.05) is 36.4 Å². The van der Waals surface area contributed by atoms with E-state index in [2.05, 4.69) is 0 Å². The maximum atomic E-state index is 12.8. The van der Waals surface area contributed by atoms with Crippen LogP contribution in [0.15, 0.2) is 54.6 Å². The molecule has 1 aliphatic heterocycles. The SMILES string of the molecule is O=C(C=Cc1ccc(F)cc1)NS(=O)(=O)N1CCc2ccccc2C1. The van der Waals surface area contributed by atoms with Crippen molar-refractivity contribution in [1.29, 1.82) is 0 Å². The van der Waals surface area contributed by atoms with Crippen LogP contribution in [-0.2, 0) is 28.0 Å². The smallest absolute Gasteiger partial charge is 0.269 e. The third kappa shape index (κ3) is 4.32. The molecule has 0 aliphatic carbocycles. The van der Waals surface area contributed by atoms with Gasteiger partial charge in [-0.25, -0.2) is 9.11 Å². The Morgan fingerprint density at radius 2 is 1.76 bits per heavy atom. The van der Waals surface area contributed by atoms with Crippen molar-refractivity contribution < 1.29 is 17.6 Å². The van der Waals surface area contributed by atoms with Crippen LogP contribution in [0, 0.1) is 5.82 Å². The molecule has 1 heterocycles. The topological polar surface area (TPSA) is 66.5 Å². The van der Waals surface area contributed by atoms with Gasteiger partial charge in [-0.2, -0.15) is 12.7 Å². The largest absolute Gasteiger partial charge is 0.304 e. The normalized spacial score (nSPS) is 15.1. The van der Waals surface area contributed by atoms with Gasteiger partial charge in [-0.15, -0.1) is 0 Å². The van der Waals surface area contributed by atoms with Crippen molar-refractivity contribution in [3.8, 4) is 0 Å². The third-order valence-electron chi connectivity index (χ3n) is 3.96. The molecule has 5 nitrogen and oxygen atoms in total. The number of rotatable bonds is 4. The van der Waals surface area contributed by atoms with E-state index < -0.39 is 16.1 Å². The van der Waals surface area contributed by atoms with Crippen molar-refractivity contribution in [2.75, 3.05) is 6.54 Å². The predicted octanol–water partition coefficient (Wildman–Crippen LogP) is 2.26. The van der Waals surface area contributed by atoms with E-state index in [4.69, 9.17) is 0 Å². The van der Waals surface area contributed by atoms with Crippen LogP contribution in [0.4, 0.5) is 4.39 Å². The number of amides is 1. The Morgan fingerprint density at radius 1 is 1.08 bits per heavy atom. The molecular formula is C18H17FN2O3S. The highest BCUT2D eigenvalue weighted by molar-refractivity contribution is 7.87. The Kier molecular flexibility index (Phi) is 4.96. The van der Waals surface area contributed by atoms with Crippen molar-refractivity contribution in [3.05, 3.63) is 77.1 Å². The highest BCUT2D eigenvalue weighted by atomic mass is 32.2. The number of halogens is 1. The molecule has 130 valence electrons. The fourth-order valence-corrected chi connectivity index (χ4v) is 3.74. The number of hydrogen-bond donors (Lipinski definition) is 1. The summed E-state index contributed by atoms with van der Waals surface area (Å²) in [5.41, 5.74) is 2.66. The molecular weight excluding hydrogens is 343 g/mol. The molecule has 0 aromatic heterocycles. The first kappa shape index (κ1) is 17.3. The second kappa shape index (κ2) is 7.16. The number of nitrogens with one attached hydrogen (secondary N) is 1. The van der Waals surface area contributed by atoms with Crippen molar-refractivity contribution >= 4 is 22.2 Å². The van der Waals surface area contributed by atoms with Gasteiger partial charge in [0.05, 0.1) is 0 Å². The number of carbonyl (C=O) groups is 1. The molecule has 0 bridgehead atoms. The quantitative estimate of drug-likeness (QED) is 0.851. The lowest BCUT2D eigenvalue weighted by molar-refractivity contribution is -0.114. The van der Waals surface area contributed by atoms with E-state index in [1.54, 1.807) is 0 Å². The standard InChI is InChI=1S/C18H17FN2O3S/c19-17-8-5-14(6-9-17)7-10-18(22)20-25(23,24)21-12-11-15-3-1-2-4-16(15)13-21/h1-10H,11-13H2,(H,20,22). The van der Waals surface area contributed by atoms with E-state index in [0.29, 0.717) is 18.5 Å². The summed E-state index contributed by atoms with van der Waals surface area (Å²) in [6, 6.07) is 13.2. The molecule has 0 atom stereocenters. The first-order valence-corrected chi connectivity index (χ1v) is 9.20. The Labute approximate surface area is 146 Å². The molecule has 7 heteroatoms. The molecule has 1 aliphatic rings. The molecule has 25 heavy (non-hydrogen) atoms. The van der Waals surface area contributed by atoms with Crippen molar-refractivity contribution in [1.82, 2.24) is 9.03 Å². The van der Waals surface area contributed by atoms with E-state index in [-0.39, 0.29) is 12.4 Å². The van der Waals surface area contributed by atoms with Gasteiger partial charge < -0.3 is 0 Å². The molecule has 0 spiro atoms. The summed E-state index contributed by atoms with van der Waals surface area (Å²) in [6.07, 6.45) is 3.15. The summed E-state index contributed by atoms with van der Waals surface area (Å²) in [4.78, 5) is 11.9. The second-order valence-electron chi connectivity index (χ2n) is 5.71. The second-order valence-corrected chi connectivity index (χ2v) is 7.38. The molecule has 0 saturated carbocycles. The molecule has 1 amide bonds. The number of benzene rings is 2. The number of hydrogen-bond acceptors (Lipinski definition) is 3. The monoisotopic (exact) mass is 360 g/mol. The number of carbonyl (C=O) groups excluding carboxylic acids is 1. The Bertz CT molecular complexity index is 908. The Hall–Kier alpha value is -2.51. The Morgan fingerprint density at radius 3 is 2.48 bits per heavy atom. The molecule has 2 aromatic rings. The first-order valence-electron chi connectivity index (χ1n) is 7.76. The zero-order valence-corrected chi connectivity index (χ0v) is 14.2. The third-order valence-corrected chi connectivity index (χ3v) is 5.41. The predicted molar refractivity (Wildman–Crippen MR) is 93.1 cm³/mol. The number of nitrogens with zero attached hydrogens (tertiary/aromatic N) is 1. The lowest BCUT2D eigenvalue weighted by Crippen LogP contribution is -2.45. The minimum atomic E-state index is -3.91. The van der Waals surface area contributed by atoms with Crippen LogP contribution in [-0.4, -0.2) is 25.2 Å². The van der Waals surface area contributed by atoms with E-state index in [1.807, 2.05) is 29.0 Å². The van der Waals surface area contributed by atoms with Gasteiger partial charge in [0.25, 0.3) is 5.91 Å². The van der Waals surface area contributed by atoms with Crippen LogP contribution >= 0.6 is 0 Å². The Balaban J connectivity index is 1.65. The van der Waals surface area contributed by atoms with Crippen molar-refractivity contribution in [3.63, 3.8) is 0 Å². The van der Waals surface area contributed by atoms with E-state index in [9.17, 15) is 17.6 Å². The minimum Gasteiger partial charge on any atom is -0.269 e. The summed E-state index contributed by atoms with van der Waals surface area (Å²) in [6.45, 7) is 0.557.